The molecular weight excluding hydrogens is 365 g/mol. The summed E-state index contributed by atoms with van der Waals surface area (Å²) in [5.74, 6) is 1.15. The number of alkyl halides is 3. The third-order valence-electron chi connectivity index (χ3n) is 4.18. The summed E-state index contributed by atoms with van der Waals surface area (Å²) in [6.45, 7) is 1.83. The summed E-state index contributed by atoms with van der Waals surface area (Å²) in [6, 6.07) is 5.72. The molecule has 2 heterocycles. The van der Waals surface area contributed by atoms with Gasteiger partial charge in [-0.25, -0.2) is 0 Å². The standard InChI is InChI=1S/C17H17F3N4O3/c18-17(19,20)12-4-6-14(15(10-12)24(25)26)22-21-11-13-5-7-16(27-13)23-8-2-1-3-9-23/h4-7,10-11,22H,1-3,8-9H2/b21-11-. The van der Waals surface area contributed by atoms with Crippen LogP contribution < -0.4 is 10.3 Å². The van der Waals surface area contributed by atoms with E-state index in [1.54, 1.807) is 6.07 Å². The predicted molar refractivity (Wildman–Crippen MR) is 94.1 cm³/mol. The lowest BCUT2D eigenvalue weighted by Gasteiger charge is -2.25. The Labute approximate surface area is 152 Å². The van der Waals surface area contributed by atoms with Crippen molar-refractivity contribution in [2.45, 2.75) is 25.4 Å². The number of nitro groups is 1. The highest BCUT2D eigenvalue weighted by molar-refractivity contribution is 5.78. The van der Waals surface area contributed by atoms with E-state index in [-0.39, 0.29) is 5.69 Å². The first kappa shape index (κ1) is 18.7. The number of rotatable bonds is 5. The summed E-state index contributed by atoms with van der Waals surface area (Å²) in [5.41, 5.74) is 0.442. The first-order valence-corrected chi connectivity index (χ1v) is 8.34. The van der Waals surface area contributed by atoms with Crippen molar-refractivity contribution in [1.29, 1.82) is 0 Å². The zero-order valence-corrected chi connectivity index (χ0v) is 14.2. The van der Waals surface area contributed by atoms with Gasteiger partial charge in [0.25, 0.3) is 5.69 Å². The highest BCUT2D eigenvalue weighted by atomic mass is 19.4. The third-order valence-corrected chi connectivity index (χ3v) is 4.18. The van der Waals surface area contributed by atoms with Gasteiger partial charge in [0.05, 0.1) is 16.7 Å². The number of benzene rings is 1. The molecule has 0 aliphatic carbocycles. The van der Waals surface area contributed by atoms with Gasteiger partial charge >= 0.3 is 6.18 Å². The molecule has 2 aromatic rings. The lowest BCUT2D eigenvalue weighted by Crippen LogP contribution is -2.28. The molecule has 0 bridgehead atoms. The third kappa shape index (κ3) is 4.57. The molecule has 1 N–H and O–H groups in total. The van der Waals surface area contributed by atoms with Crippen LogP contribution in [0.25, 0.3) is 0 Å². The van der Waals surface area contributed by atoms with E-state index in [4.69, 9.17) is 4.42 Å². The second-order valence-corrected chi connectivity index (χ2v) is 6.08. The van der Waals surface area contributed by atoms with Gasteiger partial charge in [-0.05, 0) is 37.5 Å². The van der Waals surface area contributed by atoms with Crippen LogP contribution in [0.1, 0.15) is 30.6 Å². The van der Waals surface area contributed by atoms with Gasteiger partial charge in [-0.2, -0.15) is 18.3 Å². The number of piperidine rings is 1. The molecule has 1 aromatic heterocycles. The lowest BCUT2D eigenvalue weighted by atomic mass is 10.1. The molecule has 0 atom stereocenters. The molecule has 0 radical (unpaired) electrons. The van der Waals surface area contributed by atoms with Gasteiger partial charge in [-0.15, -0.1) is 0 Å². The summed E-state index contributed by atoms with van der Waals surface area (Å²) in [6.07, 6.45) is 0.0499. The molecule has 1 aliphatic heterocycles. The monoisotopic (exact) mass is 382 g/mol. The number of nitro benzene ring substituents is 1. The average molecular weight is 382 g/mol. The van der Waals surface area contributed by atoms with E-state index in [9.17, 15) is 23.3 Å². The zero-order valence-electron chi connectivity index (χ0n) is 14.2. The van der Waals surface area contributed by atoms with E-state index < -0.39 is 22.4 Å². The van der Waals surface area contributed by atoms with E-state index in [1.807, 2.05) is 6.07 Å². The maximum atomic E-state index is 12.7. The summed E-state index contributed by atoms with van der Waals surface area (Å²) < 4.78 is 43.8. The molecule has 1 aromatic carbocycles. The molecule has 0 unspecified atom stereocenters. The molecule has 144 valence electrons. The number of halogens is 3. The van der Waals surface area contributed by atoms with Crippen LogP contribution in [0.3, 0.4) is 0 Å². The Hall–Kier alpha value is -3.04. The largest absolute Gasteiger partial charge is 0.440 e. The predicted octanol–water partition coefficient (Wildman–Crippen LogP) is 4.64. The summed E-state index contributed by atoms with van der Waals surface area (Å²) in [4.78, 5) is 12.3. The van der Waals surface area contributed by atoms with E-state index in [2.05, 4.69) is 15.4 Å². The number of nitrogens with zero attached hydrogens (tertiary/aromatic N) is 3. The Morgan fingerprint density at radius 1 is 1.19 bits per heavy atom. The van der Waals surface area contributed by atoms with E-state index in [1.165, 1.54) is 12.6 Å². The summed E-state index contributed by atoms with van der Waals surface area (Å²) >= 11 is 0. The minimum atomic E-state index is -4.66. The number of hydrogen-bond acceptors (Lipinski definition) is 6. The van der Waals surface area contributed by atoms with Gasteiger partial charge < -0.3 is 9.32 Å². The van der Waals surface area contributed by atoms with Crippen LogP contribution in [0, 0.1) is 10.1 Å². The van der Waals surface area contributed by atoms with Crippen molar-refractivity contribution in [1.82, 2.24) is 0 Å². The van der Waals surface area contributed by atoms with Crippen molar-refractivity contribution in [2.24, 2.45) is 5.10 Å². The van der Waals surface area contributed by atoms with Gasteiger partial charge in [0.15, 0.2) is 5.88 Å². The number of anilines is 2. The topological polar surface area (TPSA) is 83.9 Å². The van der Waals surface area contributed by atoms with Crippen LogP contribution in [0.15, 0.2) is 39.9 Å². The Balaban J connectivity index is 1.71. The summed E-state index contributed by atoms with van der Waals surface area (Å²) in [5, 5.41) is 14.9. The molecule has 0 amide bonds. The van der Waals surface area contributed by atoms with E-state index in [0.717, 1.165) is 43.9 Å². The molecule has 10 heteroatoms. The Morgan fingerprint density at radius 2 is 1.93 bits per heavy atom. The molecule has 3 rings (SSSR count). The summed E-state index contributed by atoms with van der Waals surface area (Å²) in [7, 11) is 0. The van der Waals surface area contributed by atoms with Crippen molar-refractivity contribution in [2.75, 3.05) is 23.4 Å². The fourth-order valence-corrected chi connectivity index (χ4v) is 2.81. The van der Waals surface area contributed by atoms with Gasteiger partial charge in [0.2, 0.25) is 0 Å². The van der Waals surface area contributed by atoms with Gasteiger partial charge in [0, 0.05) is 25.2 Å². The molecule has 0 saturated carbocycles. The van der Waals surface area contributed by atoms with Gasteiger partial charge in [0.1, 0.15) is 11.4 Å². The van der Waals surface area contributed by atoms with Crippen molar-refractivity contribution in [3.05, 3.63) is 51.8 Å². The minimum absolute atomic E-state index is 0.146. The van der Waals surface area contributed by atoms with Crippen LogP contribution in [0.2, 0.25) is 0 Å². The highest BCUT2D eigenvalue weighted by Crippen LogP contribution is 2.35. The number of hydrazone groups is 1. The molecule has 27 heavy (non-hydrogen) atoms. The minimum Gasteiger partial charge on any atom is -0.440 e. The molecular formula is C17H17F3N4O3. The lowest BCUT2D eigenvalue weighted by molar-refractivity contribution is -0.384. The quantitative estimate of drug-likeness (QED) is 0.463. The normalized spacial score (nSPS) is 15.3. The fourth-order valence-electron chi connectivity index (χ4n) is 2.81. The maximum absolute atomic E-state index is 12.7. The van der Waals surface area contributed by atoms with Crippen LogP contribution >= 0.6 is 0 Å². The smallest absolute Gasteiger partial charge is 0.416 e. The molecule has 1 fully saturated rings. The van der Waals surface area contributed by atoms with Crippen LogP contribution in [0.5, 0.6) is 0 Å². The Morgan fingerprint density at radius 3 is 2.59 bits per heavy atom. The zero-order chi connectivity index (χ0) is 19.4. The van der Waals surface area contributed by atoms with Crippen molar-refractivity contribution in [3.63, 3.8) is 0 Å². The number of hydrogen-bond donors (Lipinski definition) is 1. The number of nitrogens with one attached hydrogen (secondary N) is 1. The maximum Gasteiger partial charge on any atom is 0.416 e. The van der Waals surface area contributed by atoms with Gasteiger partial charge in [-0.3, -0.25) is 15.5 Å². The fraction of sp³-hybridized carbons (Fsp3) is 0.353. The van der Waals surface area contributed by atoms with Crippen LogP contribution in [-0.2, 0) is 6.18 Å². The van der Waals surface area contributed by atoms with Crippen molar-refractivity contribution < 1.29 is 22.5 Å². The Kier molecular flexibility index (Phi) is 5.33. The van der Waals surface area contributed by atoms with E-state index >= 15 is 0 Å². The van der Waals surface area contributed by atoms with Crippen LogP contribution in [0.4, 0.5) is 30.4 Å². The molecule has 1 saturated heterocycles. The SMILES string of the molecule is O=[N+]([O-])c1cc(C(F)(F)F)ccc1N/N=C\c1ccc(N2CCCCC2)o1. The molecule has 7 nitrogen and oxygen atoms in total. The number of furan rings is 1. The highest BCUT2D eigenvalue weighted by Gasteiger charge is 2.33. The first-order valence-electron chi connectivity index (χ1n) is 8.34. The average Bonchev–Trinajstić information content (AvgIpc) is 3.10. The van der Waals surface area contributed by atoms with Crippen molar-refractivity contribution >= 4 is 23.5 Å². The van der Waals surface area contributed by atoms with Crippen molar-refractivity contribution in [3.8, 4) is 0 Å². The molecule has 1 aliphatic rings. The van der Waals surface area contributed by atoms with Gasteiger partial charge in [-0.1, -0.05) is 0 Å². The second kappa shape index (κ2) is 7.68. The first-order chi connectivity index (χ1) is 12.8. The van der Waals surface area contributed by atoms with Crippen LogP contribution in [-0.4, -0.2) is 24.2 Å². The second-order valence-electron chi connectivity index (χ2n) is 6.08. The Bertz CT molecular complexity index is 842. The van der Waals surface area contributed by atoms with E-state index in [0.29, 0.717) is 11.8 Å². The molecule has 0 spiro atoms.